The van der Waals surface area contributed by atoms with Gasteiger partial charge in [-0.15, -0.1) is 0 Å². The Morgan fingerprint density at radius 2 is 1.59 bits per heavy atom. The minimum atomic E-state index is -0.271. The van der Waals surface area contributed by atoms with E-state index in [1.54, 1.807) is 29.2 Å². The molecular formula is C21H25N3O3. The Kier molecular flexibility index (Phi) is 6.44. The second-order valence-electron chi connectivity index (χ2n) is 6.72. The van der Waals surface area contributed by atoms with Crippen molar-refractivity contribution in [2.45, 2.75) is 13.0 Å². The lowest BCUT2D eigenvalue weighted by molar-refractivity contribution is -0.134. The van der Waals surface area contributed by atoms with Crippen LogP contribution in [0.1, 0.15) is 11.1 Å². The highest BCUT2D eigenvalue weighted by molar-refractivity contribution is 5.86. The van der Waals surface area contributed by atoms with Crippen LogP contribution in [0, 0.1) is 0 Å². The zero-order valence-electron chi connectivity index (χ0n) is 15.3. The zero-order chi connectivity index (χ0) is 19.1. The Morgan fingerprint density at radius 1 is 0.926 bits per heavy atom. The molecular weight excluding hydrogens is 342 g/mol. The molecule has 1 saturated heterocycles. The number of nitrogens with one attached hydrogen (secondary N) is 1. The van der Waals surface area contributed by atoms with Gasteiger partial charge in [-0.3, -0.25) is 14.5 Å². The largest absolute Gasteiger partial charge is 0.508 e. The molecule has 0 atom stereocenters. The number of phenols is 1. The average molecular weight is 367 g/mol. The fourth-order valence-corrected chi connectivity index (χ4v) is 3.18. The molecule has 2 N–H and O–H groups in total. The predicted octanol–water partition coefficient (Wildman–Crippen LogP) is 1.40. The summed E-state index contributed by atoms with van der Waals surface area (Å²) in [5.41, 5.74) is 1.82. The number of phenolic OH excluding ortho intramolecular Hbond substituents is 1. The van der Waals surface area contributed by atoms with E-state index in [1.807, 2.05) is 18.2 Å². The topological polar surface area (TPSA) is 72.9 Å². The van der Waals surface area contributed by atoms with E-state index in [4.69, 9.17) is 0 Å². The summed E-state index contributed by atoms with van der Waals surface area (Å²) < 4.78 is 0. The lowest BCUT2D eigenvalue weighted by Gasteiger charge is -2.34. The Labute approximate surface area is 159 Å². The van der Waals surface area contributed by atoms with E-state index < -0.39 is 0 Å². The summed E-state index contributed by atoms with van der Waals surface area (Å²) in [6.07, 6.45) is 0.0603. The zero-order valence-corrected chi connectivity index (χ0v) is 15.3. The van der Waals surface area contributed by atoms with Crippen LogP contribution in [0.3, 0.4) is 0 Å². The van der Waals surface area contributed by atoms with E-state index in [-0.39, 0.29) is 30.5 Å². The van der Waals surface area contributed by atoms with Gasteiger partial charge in [0.15, 0.2) is 0 Å². The van der Waals surface area contributed by atoms with Crippen LogP contribution in [0.4, 0.5) is 0 Å². The molecule has 0 aromatic heterocycles. The van der Waals surface area contributed by atoms with E-state index in [0.717, 1.165) is 19.6 Å². The highest BCUT2D eigenvalue weighted by Crippen LogP contribution is 2.15. The molecule has 2 aromatic carbocycles. The SMILES string of the molecule is O=C(Cc1ccccc1O)NCC(=O)N1CCN(Cc2ccccc2)CC1. The molecule has 6 heteroatoms. The van der Waals surface area contributed by atoms with Crippen molar-refractivity contribution in [3.05, 3.63) is 65.7 Å². The standard InChI is InChI=1S/C21H25N3O3/c25-19-9-5-4-8-18(19)14-20(26)22-15-21(27)24-12-10-23(11-13-24)16-17-6-2-1-3-7-17/h1-9,25H,10-16H2,(H,22,26). The van der Waals surface area contributed by atoms with Crippen molar-refractivity contribution in [3.63, 3.8) is 0 Å². The van der Waals surface area contributed by atoms with Crippen LogP contribution in [0.5, 0.6) is 5.75 Å². The van der Waals surface area contributed by atoms with Crippen LogP contribution < -0.4 is 5.32 Å². The van der Waals surface area contributed by atoms with Crippen LogP contribution in [0.25, 0.3) is 0 Å². The van der Waals surface area contributed by atoms with Crippen molar-refractivity contribution < 1.29 is 14.7 Å². The molecule has 1 fully saturated rings. The molecule has 0 radical (unpaired) electrons. The van der Waals surface area contributed by atoms with Gasteiger partial charge in [0.25, 0.3) is 0 Å². The Bertz CT molecular complexity index is 771. The van der Waals surface area contributed by atoms with E-state index in [0.29, 0.717) is 18.7 Å². The third kappa shape index (κ3) is 5.56. The lowest BCUT2D eigenvalue weighted by Crippen LogP contribution is -2.50. The molecule has 0 unspecified atom stereocenters. The number of nitrogens with zero attached hydrogens (tertiary/aromatic N) is 2. The van der Waals surface area contributed by atoms with E-state index in [2.05, 4.69) is 22.3 Å². The number of carbonyl (C=O) groups is 2. The molecule has 1 heterocycles. The van der Waals surface area contributed by atoms with Crippen molar-refractivity contribution in [3.8, 4) is 5.75 Å². The number of benzene rings is 2. The van der Waals surface area contributed by atoms with Crippen molar-refractivity contribution in [1.82, 2.24) is 15.1 Å². The first-order chi connectivity index (χ1) is 13.1. The summed E-state index contributed by atoms with van der Waals surface area (Å²) >= 11 is 0. The predicted molar refractivity (Wildman–Crippen MR) is 103 cm³/mol. The number of para-hydroxylation sites is 1. The summed E-state index contributed by atoms with van der Waals surface area (Å²) in [5.74, 6) is -0.249. The number of carbonyl (C=O) groups excluding carboxylic acids is 2. The lowest BCUT2D eigenvalue weighted by atomic mass is 10.1. The first kappa shape index (κ1) is 18.9. The normalized spacial score (nSPS) is 14.7. The maximum atomic E-state index is 12.3. The van der Waals surface area contributed by atoms with Crippen molar-refractivity contribution in [1.29, 1.82) is 0 Å². The molecule has 0 aliphatic carbocycles. The van der Waals surface area contributed by atoms with E-state index in [9.17, 15) is 14.7 Å². The second-order valence-corrected chi connectivity index (χ2v) is 6.72. The van der Waals surface area contributed by atoms with Crippen molar-refractivity contribution in [2.24, 2.45) is 0 Å². The second kappa shape index (κ2) is 9.19. The summed E-state index contributed by atoms with van der Waals surface area (Å²) in [7, 11) is 0. The van der Waals surface area contributed by atoms with Gasteiger partial charge in [-0.2, -0.15) is 0 Å². The minimum Gasteiger partial charge on any atom is -0.508 e. The molecule has 0 bridgehead atoms. The number of piperazine rings is 1. The number of amides is 2. The molecule has 27 heavy (non-hydrogen) atoms. The van der Waals surface area contributed by atoms with Gasteiger partial charge in [-0.1, -0.05) is 48.5 Å². The van der Waals surface area contributed by atoms with E-state index >= 15 is 0 Å². The quantitative estimate of drug-likeness (QED) is 0.809. The van der Waals surface area contributed by atoms with Crippen LogP contribution in [-0.2, 0) is 22.6 Å². The number of hydrogen-bond acceptors (Lipinski definition) is 4. The highest BCUT2D eigenvalue weighted by atomic mass is 16.3. The molecule has 2 aromatic rings. The minimum absolute atomic E-state index is 0.00882. The summed E-state index contributed by atoms with van der Waals surface area (Å²) in [4.78, 5) is 28.5. The average Bonchev–Trinajstić information content (AvgIpc) is 2.69. The van der Waals surface area contributed by atoms with Gasteiger partial charge in [0.1, 0.15) is 5.75 Å². The van der Waals surface area contributed by atoms with Gasteiger partial charge in [0.05, 0.1) is 13.0 Å². The third-order valence-electron chi connectivity index (χ3n) is 4.75. The molecule has 2 amide bonds. The monoisotopic (exact) mass is 367 g/mol. The first-order valence-corrected chi connectivity index (χ1v) is 9.19. The smallest absolute Gasteiger partial charge is 0.242 e. The molecule has 3 rings (SSSR count). The highest BCUT2D eigenvalue weighted by Gasteiger charge is 2.21. The Balaban J connectivity index is 1.39. The maximum absolute atomic E-state index is 12.3. The van der Waals surface area contributed by atoms with Gasteiger partial charge in [0, 0.05) is 38.3 Å². The molecule has 6 nitrogen and oxygen atoms in total. The fourth-order valence-electron chi connectivity index (χ4n) is 3.18. The van der Waals surface area contributed by atoms with E-state index in [1.165, 1.54) is 5.56 Å². The van der Waals surface area contributed by atoms with Crippen molar-refractivity contribution >= 4 is 11.8 Å². The molecule has 142 valence electrons. The van der Waals surface area contributed by atoms with Gasteiger partial charge >= 0.3 is 0 Å². The molecule has 0 saturated carbocycles. The van der Waals surface area contributed by atoms with Gasteiger partial charge in [-0.25, -0.2) is 0 Å². The van der Waals surface area contributed by atoms with Crippen LogP contribution in [0.2, 0.25) is 0 Å². The van der Waals surface area contributed by atoms with Crippen molar-refractivity contribution in [2.75, 3.05) is 32.7 Å². The number of rotatable bonds is 6. The third-order valence-corrected chi connectivity index (χ3v) is 4.75. The van der Waals surface area contributed by atoms with Crippen LogP contribution in [-0.4, -0.2) is 59.4 Å². The summed E-state index contributed by atoms with van der Waals surface area (Å²) in [6.45, 7) is 3.87. The number of aromatic hydroxyl groups is 1. The van der Waals surface area contributed by atoms with Gasteiger partial charge < -0.3 is 15.3 Å². The first-order valence-electron chi connectivity index (χ1n) is 9.19. The Morgan fingerprint density at radius 3 is 2.30 bits per heavy atom. The molecule has 1 aliphatic rings. The Hall–Kier alpha value is -2.86. The summed E-state index contributed by atoms with van der Waals surface area (Å²) in [6, 6.07) is 17.0. The molecule has 0 spiro atoms. The maximum Gasteiger partial charge on any atom is 0.242 e. The van der Waals surface area contributed by atoms with Gasteiger partial charge in [-0.05, 0) is 11.6 Å². The van der Waals surface area contributed by atoms with Crippen LogP contribution in [0.15, 0.2) is 54.6 Å². The van der Waals surface area contributed by atoms with Gasteiger partial charge in [0.2, 0.25) is 11.8 Å². The van der Waals surface area contributed by atoms with Crippen LogP contribution >= 0.6 is 0 Å². The molecule has 1 aliphatic heterocycles. The fraction of sp³-hybridized carbons (Fsp3) is 0.333. The number of hydrogen-bond donors (Lipinski definition) is 2. The summed E-state index contributed by atoms with van der Waals surface area (Å²) in [5, 5.41) is 12.4.